The molecular weight excluding hydrogens is 240 g/mol. The molecular formula is C15H20N2O2. The molecule has 1 aliphatic heterocycles. The van der Waals surface area contributed by atoms with Crippen molar-refractivity contribution in [1.29, 1.82) is 0 Å². The number of carboxylic acid groups (broad SMARTS) is 1. The predicted octanol–water partition coefficient (Wildman–Crippen LogP) is 1.96. The topological polar surface area (TPSA) is 66.6 Å². The number of aliphatic carboxylic acids is 1. The van der Waals surface area contributed by atoms with Crippen LogP contribution in [0.1, 0.15) is 24.8 Å². The van der Waals surface area contributed by atoms with Gasteiger partial charge in [-0.1, -0.05) is 12.1 Å². The van der Waals surface area contributed by atoms with Crippen molar-refractivity contribution in [3.05, 3.63) is 29.8 Å². The molecule has 1 saturated carbocycles. The van der Waals surface area contributed by atoms with Gasteiger partial charge >= 0.3 is 5.97 Å². The van der Waals surface area contributed by atoms with Gasteiger partial charge in [0.25, 0.3) is 0 Å². The van der Waals surface area contributed by atoms with Gasteiger partial charge in [0.15, 0.2) is 0 Å². The summed E-state index contributed by atoms with van der Waals surface area (Å²) in [7, 11) is 0. The summed E-state index contributed by atoms with van der Waals surface area (Å²) >= 11 is 0. The third-order valence-electron chi connectivity index (χ3n) is 4.73. The van der Waals surface area contributed by atoms with E-state index in [-0.39, 0.29) is 11.3 Å². The molecule has 1 saturated heterocycles. The highest BCUT2D eigenvalue weighted by Gasteiger charge is 2.58. The van der Waals surface area contributed by atoms with Crippen LogP contribution in [0.4, 0.5) is 5.69 Å². The molecule has 1 spiro atoms. The lowest BCUT2D eigenvalue weighted by Crippen LogP contribution is -2.35. The molecule has 1 heterocycles. The fourth-order valence-corrected chi connectivity index (χ4v) is 3.29. The molecule has 0 amide bonds. The first-order valence-corrected chi connectivity index (χ1v) is 6.89. The van der Waals surface area contributed by atoms with Crippen LogP contribution in [0.2, 0.25) is 0 Å². The van der Waals surface area contributed by atoms with Crippen molar-refractivity contribution in [2.45, 2.75) is 25.8 Å². The zero-order valence-electron chi connectivity index (χ0n) is 11.0. The molecule has 4 nitrogen and oxygen atoms in total. The number of likely N-dealkylation sites (tertiary alicyclic amines) is 1. The Morgan fingerprint density at radius 1 is 1.32 bits per heavy atom. The van der Waals surface area contributed by atoms with Gasteiger partial charge in [0.1, 0.15) is 0 Å². The van der Waals surface area contributed by atoms with Crippen LogP contribution in [0, 0.1) is 11.3 Å². The Morgan fingerprint density at radius 3 is 2.47 bits per heavy atom. The van der Waals surface area contributed by atoms with E-state index in [0.29, 0.717) is 0 Å². The molecule has 1 unspecified atom stereocenters. The number of nitrogen functional groups attached to an aromatic ring is 1. The summed E-state index contributed by atoms with van der Waals surface area (Å²) in [6.45, 7) is 2.95. The van der Waals surface area contributed by atoms with Crippen molar-refractivity contribution < 1.29 is 9.90 Å². The number of anilines is 1. The van der Waals surface area contributed by atoms with E-state index < -0.39 is 5.97 Å². The number of nitrogens with zero attached hydrogens (tertiary/aromatic N) is 1. The average Bonchev–Trinajstić information content (AvgIpc) is 3.10. The maximum atomic E-state index is 11.0. The molecule has 3 N–H and O–H groups in total. The molecule has 19 heavy (non-hydrogen) atoms. The summed E-state index contributed by atoms with van der Waals surface area (Å²) in [5.74, 6) is -0.682. The van der Waals surface area contributed by atoms with Crippen LogP contribution in [0.5, 0.6) is 0 Å². The molecule has 0 aromatic heterocycles. The lowest BCUT2D eigenvalue weighted by atomic mass is 9.90. The van der Waals surface area contributed by atoms with Gasteiger partial charge in [-0.25, -0.2) is 0 Å². The zero-order chi connectivity index (χ0) is 13.5. The molecule has 1 atom stereocenters. The second kappa shape index (κ2) is 4.53. The fraction of sp³-hybridized carbons (Fsp3) is 0.533. The van der Waals surface area contributed by atoms with E-state index in [4.69, 9.17) is 10.8 Å². The maximum Gasteiger partial charge on any atom is 0.307 e. The molecule has 1 aromatic carbocycles. The number of benzene rings is 1. The number of carbonyl (C=O) groups is 1. The standard InChI is InChI=1S/C15H20N2O2/c16-12-3-1-11(2-4-12)10-17-7-5-15(6-8-17)9-13(15)14(18)19/h1-4,13H,5-10,16H2,(H,18,19). The molecule has 1 aromatic rings. The Bertz CT molecular complexity index is 475. The van der Waals surface area contributed by atoms with Crippen LogP contribution in [-0.4, -0.2) is 29.1 Å². The lowest BCUT2D eigenvalue weighted by molar-refractivity contribution is -0.139. The number of nitrogens with two attached hydrogens (primary N) is 1. The minimum atomic E-state index is -0.605. The van der Waals surface area contributed by atoms with Gasteiger partial charge in [0.05, 0.1) is 5.92 Å². The summed E-state index contributed by atoms with van der Waals surface area (Å²) in [4.78, 5) is 13.4. The van der Waals surface area contributed by atoms with Gasteiger partial charge in [-0.3, -0.25) is 9.69 Å². The molecule has 102 valence electrons. The fourth-order valence-electron chi connectivity index (χ4n) is 3.29. The van der Waals surface area contributed by atoms with Gasteiger partial charge in [0.2, 0.25) is 0 Å². The first kappa shape index (κ1) is 12.5. The van der Waals surface area contributed by atoms with Crippen LogP contribution in [0.3, 0.4) is 0 Å². The van der Waals surface area contributed by atoms with Crippen molar-refractivity contribution in [3.8, 4) is 0 Å². The normalized spacial score (nSPS) is 25.4. The number of piperidine rings is 1. The Morgan fingerprint density at radius 2 is 1.95 bits per heavy atom. The van der Waals surface area contributed by atoms with Crippen molar-refractivity contribution in [2.24, 2.45) is 11.3 Å². The highest BCUT2D eigenvalue weighted by atomic mass is 16.4. The smallest absolute Gasteiger partial charge is 0.307 e. The monoisotopic (exact) mass is 260 g/mol. The number of rotatable bonds is 3. The lowest BCUT2D eigenvalue weighted by Gasteiger charge is -2.32. The quantitative estimate of drug-likeness (QED) is 0.815. The Balaban J connectivity index is 1.54. The van der Waals surface area contributed by atoms with E-state index in [1.54, 1.807) is 0 Å². The van der Waals surface area contributed by atoms with Crippen molar-refractivity contribution in [1.82, 2.24) is 4.90 Å². The van der Waals surface area contributed by atoms with E-state index in [0.717, 1.165) is 44.6 Å². The summed E-state index contributed by atoms with van der Waals surface area (Å²) in [5, 5.41) is 9.07. The van der Waals surface area contributed by atoms with E-state index in [1.165, 1.54) is 5.56 Å². The third-order valence-corrected chi connectivity index (χ3v) is 4.73. The van der Waals surface area contributed by atoms with Crippen LogP contribution < -0.4 is 5.73 Å². The van der Waals surface area contributed by atoms with Crippen molar-refractivity contribution in [2.75, 3.05) is 18.8 Å². The molecule has 3 rings (SSSR count). The van der Waals surface area contributed by atoms with E-state index >= 15 is 0 Å². The molecule has 1 aliphatic carbocycles. The van der Waals surface area contributed by atoms with E-state index in [1.807, 2.05) is 12.1 Å². The average molecular weight is 260 g/mol. The van der Waals surface area contributed by atoms with Crippen LogP contribution >= 0.6 is 0 Å². The third kappa shape index (κ3) is 2.45. The van der Waals surface area contributed by atoms with Gasteiger partial charge in [-0.05, 0) is 55.5 Å². The van der Waals surface area contributed by atoms with Crippen LogP contribution in [0.15, 0.2) is 24.3 Å². The van der Waals surface area contributed by atoms with Gasteiger partial charge in [-0.2, -0.15) is 0 Å². The number of hydrogen-bond acceptors (Lipinski definition) is 3. The highest BCUT2D eigenvalue weighted by molar-refractivity contribution is 5.74. The SMILES string of the molecule is Nc1ccc(CN2CCC3(CC2)CC3C(=O)O)cc1. The zero-order valence-corrected chi connectivity index (χ0v) is 11.0. The molecule has 4 heteroatoms. The number of carboxylic acids is 1. The van der Waals surface area contributed by atoms with Crippen LogP contribution in [0.25, 0.3) is 0 Å². The largest absolute Gasteiger partial charge is 0.481 e. The molecule has 0 bridgehead atoms. The van der Waals surface area contributed by atoms with Gasteiger partial charge in [-0.15, -0.1) is 0 Å². The summed E-state index contributed by atoms with van der Waals surface area (Å²) in [5.41, 5.74) is 7.88. The Hall–Kier alpha value is -1.55. The molecule has 2 aliphatic rings. The van der Waals surface area contributed by atoms with Crippen molar-refractivity contribution in [3.63, 3.8) is 0 Å². The highest BCUT2D eigenvalue weighted by Crippen LogP contribution is 2.59. The van der Waals surface area contributed by atoms with Gasteiger partial charge < -0.3 is 10.8 Å². The number of hydrogen-bond donors (Lipinski definition) is 2. The molecule has 2 fully saturated rings. The van der Waals surface area contributed by atoms with Gasteiger partial charge in [0, 0.05) is 12.2 Å². The maximum absolute atomic E-state index is 11.0. The van der Waals surface area contributed by atoms with Crippen LogP contribution in [-0.2, 0) is 11.3 Å². The van der Waals surface area contributed by atoms with E-state index in [2.05, 4.69) is 17.0 Å². The Labute approximate surface area is 113 Å². The summed E-state index contributed by atoms with van der Waals surface area (Å²) in [6, 6.07) is 8.00. The first-order chi connectivity index (χ1) is 9.09. The minimum absolute atomic E-state index is 0.0776. The summed E-state index contributed by atoms with van der Waals surface area (Å²) in [6.07, 6.45) is 2.94. The van der Waals surface area contributed by atoms with E-state index in [9.17, 15) is 4.79 Å². The minimum Gasteiger partial charge on any atom is -0.481 e. The second-order valence-electron chi connectivity index (χ2n) is 5.98. The van der Waals surface area contributed by atoms with Crippen molar-refractivity contribution >= 4 is 11.7 Å². The molecule has 0 radical (unpaired) electrons. The summed E-state index contributed by atoms with van der Waals surface area (Å²) < 4.78 is 0. The Kier molecular flexibility index (Phi) is 2.97. The second-order valence-corrected chi connectivity index (χ2v) is 5.98. The first-order valence-electron chi connectivity index (χ1n) is 6.89. The predicted molar refractivity (Wildman–Crippen MR) is 73.5 cm³/mol.